The Morgan fingerprint density at radius 2 is 1.66 bits per heavy atom. The second-order valence-corrected chi connectivity index (χ2v) is 10.1. The zero-order valence-corrected chi connectivity index (χ0v) is 20.6. The molecule has 0 aliphatic heterocycles. The Bertz CT molecular complexity index is 1430. The number of aromatic nitrogens is 3. The predicted molar refractivity (Wildman–Crippen MR) is 135 cm³/mol. The maximum Gasteiger partial charge on any atom is 0.238 e. The standard InChI is InChI=1S/C24H23N5O4S2/c1-16-3-5-17(6-4-16)23-27-28-24(29(23)19-9-11-20(33-2)12-10-19)34-15-22(30)26-18-7-13-21(14-8-18)35(25,31)32/h3-14H,15H2,1-2H3,(H,26,30)(H2,25,31,32). The number of amides is 1. The van der Waals surface area contributed by atoms with Gasteiger partial charge in [-0.3, -0.25) is 9.36 Å². The van der Waals surface area contributed by atoms with Gasteiger partial charge in [0.15, 0.2) is 11.0 Å². The third-order valence-corrected chi connectivity index (χ3v) is 6.93. The lowest BCUT2D eigenvalue weighted by Crippen LogP contribution is -2.15. The van der Waals surface area contributed by atoms with Crippen LogP contribution in [-0.4, -0.2) is 42.0 Å². The zero-order valence-electron chi connectivity index (χ0n) is 19.0. The number of primary sulfonamides is 1. The molecule has 0 atom stereocenters. The molecule has 1 heterocycles. The fourth-order valence-electron chi connectivity index (χ4n) is 3.27. The molecule has 0 bridgehead atoms. The summed E-state index contributed by atoms with van der Waals surface area (Å²) in [4.78, 5) is 12.5. The third kappa shape index (κ3) is 5.88. The molecule has 0 saturated carbocycles. The van der Waals surface area contributed by atoms with Crippen molar-refractivity contribution in [1.29, 1.82) is 0 Å². The highest BCUT2D eigenvalue weighted by Crippen LogP contribution is 2.29. The van der Waals surface area contributed by atoms with Crippen LogP contribution in [0, 0.1) is 6.92 Å². The molecule has 180 valence electrons. The van der Waals surface area contributed by atoms with Gasteiger partial charge in [-0.1, -0.05) is 41.6 Å². The number of hydrogen-bond donors (Lipinski definition) is 2. The summed E-state index contributed by atoms with van der Waals surface area (Å²) >= 11 is 1.24. The molecule has 35 heavy (non-hydrogen) atoms. The highest BCUT2D eigenvalue weighted by atomic mass is 32.2. The Morgan fingerprint density at radius 1 is 1.00 bits per heavy atom. The number of carbonyl (C=O) groups is 1. The van der Waals surface area contributed by atoms with Crippen molar-refractivity contribution in [2.75, 3.05) is 18.2 Å². The number of ether oxygens (including phenoxy) is 1. The van der Waals surface area contributed by atoms with E-state index in [2.05, 4.69) is 15.5 Å². The van der Waals surface area contributed by atoms with E-state index in [-0.39, 0.29) is 16.6 Å². The molecule has 11 heteroatoms. The normalized spacial score (nSPS) is 11.3. The van der Waals surface area contributed by atoms with Crippen molar-refractivity contribution < 1.29 is 17.9 Å². The summed E-state index contributed by atoms with van der Waals surface area (Å²) in [5.41, 5.74) is 3.31. The zero-order chi connectivity index (χ0) is 25.0. The van der Waals surface area contributed by atoms with E-state index in [0.717, 1.165) is 22.6 Å². The SMILES string of the molecule is COc1ccc(-n2c(SCC(=O)Nc3ccc(S(N)(=O)=O)cc3)nnc2-c2ccc(C)cc2)cc1. The fourth-order valence-corrected chi connectivity index (χ4v) is 4.54. The molecule has 1 aromatic heterocycles. The van der Waals surface area contributed by atoms with Crippen LogP contribution in [0.1, 0.15) is 5.56 Å². The number of nitrogens with two attached hydrogens (primary N) is 1. The number of thioether (sulfide) groups is 1. The van der Waals surface area contributed by atoms with Crippen LogP contribution in [0.15, 0.2) is 82.8 Å². The first-order valence-electron chi connectivity index (χ1n) is 10.5. The van der Waals surface area contributed by atoms with Crippen LogP contribution < -0.4 is 15.2 Å². The molecule has 9 nitrogen and oxygen atoms in total. The van der Waals surface area contributed by atoms with Crippen LogP contribution in [0.5, 0.6) is 5.75 Å². The Hall–Kier alpha value is -3.67. The van der Waals surface area contributed by atoms with Gasteiger partial charge in [0.1, 0.15) is 5.75 Å². The van der Waals surface area contributed by atoms with E-state index < -0.39 is 10.0 Å². The van der Waals surface area contributed by atoms with Gasteiger partial charge in [-0.2, -0.15) is 0 Å². The number of rotatable bonds is 8. The van der Waals surface area contributed by atoms with Gasteiger partial charge in [-0.05, 0) is 55.5 Å². The quantitative estimate of drug-likeness (QED) is 0.347. The van der Waals surface area contributed by atoms with E-state index in [1.54, 1.807) is 7.11 Å². The first kappa shape index (κ1) is 24.5. The summed E-state index contributed by atoms with van der Waals surface area (Å²) in [6, 6.07) is 21.1. The van der Waals surface area contributed by atoms with Crippen LogP contribution in [-0.2, 0) is 14.8 Å². The number of carbonyl (C=O) groups excluding carboxylic acids is 1. The van der Waals surface area contributed by atoms with Crippen molar-refractivity contribution in [1.82, 2.24) is 14.8 Å². The van der Waals surface area contributed by atoms with Gasteiger partial charge < -0.3 is 10.1 Å². The summed E-state index contributed by atoms with van der Waals surface area (Å²) in [6.45, 7) is 2.01. The Kier molecular flexibility index (Phi) is 7.20. The number of sulfonamides is 1. The fraction of sp³-hybridized carbons (Fsp3) is 0.125. The summed E-state index contributed by atoms with van der Waals surface area (Å²) in [5, 5.41) is 17.1. The van der Waals surface area contributed by atoms with Crippen molar-refractivity contribution in [3.05, 3.63) is 78.4 Å². The van der Waals surface area contributed by atoms with Crippen molar-refractivity contribution in [2.45, 2.75) is 17.0 Å². The summed E-state index contributed by atoms with van der Waals surface area (Å²) in [5.74, 6) is 1.16. The highest BCUT2D eigenvalue weighted by molar-refractivity contribution is 7.99. The van der Waals surface area contributed by atoms with Crippen LogP contribution in [0.25, 0.3) is 17.1 Å². The molecule has 3 aromatic carbocycles. The number of aryl methyl sites for hydroxylation is 1. The topological polar surface area (TPSA) is 129 Å². The van der Waals surface area contributed by atoms with Crippen molar-refractivity contribution in [2.24, 2.45) is 5.14 Å². The smallest absolute Gasteiger partial charge is 0.238 e. The van der Waals surface area contributed by atoms with Gasteiger partial charge in [0.2, 0.25) is 15.9 Å². The van der Waals surface area contributed by atoms with Gasteiger partial charge in [0.05, 0.1) is 17.8 Å². The van der Waals surface area contributed by atoms with Crippen LogP contribution in [0.2, 0.25) is 0 Å². The van der Waals surface area contributed by atoms with Gasteiger partial charge in [-0.15, -0.1) is 10.2 Å². The largest absolute Gasteiger partial charge is 0.497 e. The number of hydrogen-bond acceptors (Lipinski definition) is 7. The number of benzene rings is 3. The minimum atomic E-state index is -3.80. The van der Waals surface area contributed by atoms with E-state index >= 15 is 0 Å². The van der Waals surface area contributed by atoms with Gasteiger partial charge in [0, 0.05) is 16.9 Å². The number of nitrogens with zero attached hydrogens (tertiary/aromatic N) is 3. The van der Waals surface area contributed by atoms with E-state index in [4.69, 9.17) is 9.88 Å². The summed E-state index contributed by atoms with van der Waals surface area (Å²) in [7, 11) is -2.19. The Labute approximate surface area is 207 Å². The monoisotopic (exact) mass is 509 g/mol. The molecule has 0 aliphatic rings. The van der Waals surface area contributed by atoms with Crippen LogP contribution >= 0.6 is 11.8 Å². The molecule has 0 unspecified atom stereocenters. The second kappa shape index (κ2) is 10.3. The molecule has 4 aromatic rings. The minimum absolute atomic E-state index is 0.0268. The molecule has 3 N–H and O–H groups in total. The molecule has 0 fully saturated rings. The molecule has 4 rings (SSSR count). The average molecular weight is 510 g/mol. The van der Waals surface area contributed by atoms with Crippen molar-refractivity contribution in [3.8, 4) is 22.8 Å². The van der Waals surface area contributed by atoms with E-state index in [1.807, 2.05) is 60.0 Å². The van der Waals surface area contributed by atoms with E-state index in [0.29, 0.717) is 16.7 Å². The van der Waals surface area contributed by atoms with Gasteiger partial charge in [-0.25, -0.2) is 13.6 Å². The maximum absolute atomic E-state index is 12.6. The minimum Gasteiger partial charge on any atom is -0.497 e. The Morgan fingerprint density at radius 3 is 2.26 bits per heavy atom. The molecule has 1 amide bonds. The number of methoxy groups -OCH3 is 1. The molecular weight excluding hydrogens is 486 g/mol. The third-order valence-electron chi connectivity index (χ3n) is 5.07. The molecule has 0 spiro atoms. The summed E-state index contributed by atoms with van der Waals surface area (Å²) < 4.78 is 30.0. The maximum atomic E-state index is 12.6. The predicted octanol–water partition coefficient (Wildman–Crippen LogP) is 3.63. The number of nitrogens with one attached hydrogen (secondary N) is 1. The van der Waals surface area contributed by atoms with Crippen molar-refractivity contribution in [3.63, 3.8) is 0 Å². The lowest BCUT2D eigenvalue weighted by molar-refractivity contribution is -0.113. The Balaban J connectivity index is 1.56. The van der Waals surface area contributed by atoms with Gasteiger partial charge in [0.25, 0.3) is 0 Å². The van der Waals surface area contributed by atoms with Crippen LogP contribution in [0.4, 0.5) is 5.69 Å². The lowest BCUT2D eigenvalue weighted by Gasteiger charge is -2.11. The molecule has 0 radical (unpaired) electrons. The lowest BCUT2D eigenvalue weighted by atomic mass is 10.1. The first-order valence-corrected chi connectivity index (χ1v) is 13.0. The van der Waals surface area contributed by atoms with E-state index in [1.165, 1.54) is 36.0 Å². The number of anilines is 1. The van der Waals surface area contributed by atoms with Crippen LogP contribution in [0.3, 0.4) is 0 Å². The second-order valence-electron chi connectivity index (χ2n) is 7.61. The highest BCUT2D eigenvalue weighted by Gasteiger charge is 2.18. The molecule has 0 aliphatic carbocycles. The van der Waals surface area contributed by atoms with E-state index in [9.17, 15) is 13.2 Å². The molecule has 0 saturated heterocycles. The molecular formula is C24H23N5O4S2. The summed E-state index contributed by atoms with van der Waals surface area (Å²) in [6.07, 6.45) is 0. The first-order chi connectivity index (χ1) is 16.7. The van der Waals surface area contributed by atoms with Crippen molar-refractivity contribution >= 4 is 33.4 Å². The average Bonchev–Trinajstić information content (AvgIpc) is 3.27. The van der Waals surface area contributed by atoms with Gasteiger partial charge >= 0.3 is 0 Å².